The summed E-state index contributed by atoms with van der Waals surface area (Å²) in [5.41, 5.74) is 0. The minimum Gasteiger partial charge on any atom is -1.00 e. The summed E-state index contributed by atoms with van der Waals surface area (Å²) in [7, 11) is 0. The zero-order chi connectivity index (χ0) is 4.00. The number of halogens is 1. The van der Waals surface area contributed by atoms with E-state index in [1.54, 1.807) is 13.8 Å². The Bertz CT molecular complexity index is 7.51. The van der Waals surface area contributed by atoms with Crippen LogP contribution >= 0.6 is 0 Å². The van der Waals surface area contributed by atoms with Crippen molar-refractivity contribution in [3.05, 3.63) is 13.8 Å². The summed E-state index contributed by atoms with van der Waals surface area (Å²) in [6.45, 7) is 10.0. The van der Waals surface area contributed by atoms with Gasteiger partial charge in [-0.1, -0.05) is 27.7 Å². The molecule has 0 atom stereocenters. The Morgan fingerprint density at radius 1 is 0.833 bits per heavy atom. The van der Waals surface area contributed by atoms with E-state index in [2.05, 4.69) is 13.8 Å². The fourth-order valence-corrected chi connectivity index (χ4v) is 0. The summed E-state index contributed by atoms with van der Waals surface area (Å²) < 4.78 is 0. The van der Waals surface area contributed by atoms with E-state index in [0.29, 0.717) is 0 Å². The maximum Gasteiger partial charge on any atom is 0 e. The minimum absolute atomic E-state index is 0. The van der Waals surface area contributed by atoms with Crippen LogP contribution in [-0.2, 0) is 0 Å². The van der Waals surface area contributed by atoms with E-state index in [4.69, 9.17) is 0 Å². The molecule has 0 aromatic rings. The van der Waals surface area contributed by atoms with Gasteiger partial charge in [0.2, 0.25) is 0 Å². The predicted molar refractivity (Wildman–Crippen MR) is 27.8 cm³/mol. The van der Waals surface area contributed by atoms with Crippen molar-refractivity contribution in [2.45, 2.75) is 13.8 Å². The van der Waals surface area contributed by atoms with E-state index in [1.165, 1.54) is 0 Å². The third kappa shape index (κ3) is 71.8. The summed E-state index contributed by atoms with van der Waals surface area (Å²) in [5, 5.41) is 0. The third-order valence-corrected chi connectivity index (χ3v) is 0. The molecule has 0 nitrogen and oxygen atoms in total. The first-order chi connectivity index (χ1) is 2.00. The largest absolute Gasteiger partial charge is 1.00 e. The molecule has 0 rings (SSSR count). The van der Waals surface area contributed by atoms with Crippen molar-refractivity contribution in [1.82, 2.24) is 0 Å². The molecule has 0 aliphatic heterocycles. The molecule has 0 fully saturated rings. The minimum atomic E-state index is 0. The Morgan fingerprint density at radius 2 is 0.833 bits per heavy atom. The first-order valence-electron chi connectivity index (χ1n) is 1.41. The van der Waals surface area contributed by atoms with E-state index in [9.17, 15) is 0 Å². The van der Waals surface area contributed by atoms with Crippen molar-refractivity contribution in [2.24, 2.45) is 0 Å². The van der Waals surface area contributed by atoms with Crippen LogP contribution < -0.4 is 12.4 Å². The van der Waals surface area contributed by atoms with Crippen molar-refractivity contribution in [3.8, 4) is 0 Å². The quantitative estimate of drug-likeness (QED) is 0.420. The van der Waals surface area contributed by atoms with Gasteiger partial charge < -0.3 is 12.4 Å². The van der Waals surface area contributed by atoms with Gasteiger partial charge in [-0.05, 0) is 0 Å². The van der Waals surface area contributed by atoms with Crippen molar-refractivity contribution in [2.75, 3.05) is 0 Å². The number of rotatable bonds is 0. The topological polar surface area (TPSA) is 0 Å². The molecule has 6 heavy (non-hydrogen) atoms. The van der Waals surface area contributed by atoms with Gasteiger partial charge in [-0.3, -0.25) is 0 Å². The SMILES string of the molecule is [CH2]C.[CH2]C.[Cl-].[Sn]. The zero-order valence-electron chi connectivity index (χ0n) is 4.29. The van der Waals surface area contributed by atoms with Gasteiger partial charge in [-0.25, -0.2) is 0 Å². The van der Waals surface area contributed by atoms with Gasteiger partial charge in [-0.15, -0.1) is 0 Å². The summed E-state index contributed by atoms with van der Waals surface area (Å²) >= 11 is 0. The Labute approximate surface area is 64.1 Å². The molecule has 0 amide bonds. The van der Waals surface area contributed by atoms with Gasteiger partial charge in [0.1, 0.15) is 0 Å². The molecule has 0 heterocycles. The van der Waals surface area contributed by atoms with Crippen LogP contribution in [-0.4, -0.2) is 23.9 Å². The second-order valence-electron chi connectivity index (χ2n) is 0. The van der Waals surface area contributed by atoms with Crippen LogP contribution in [0.15, 0.2) is 0 Å². The predicted octanol–water partition coefficient (Wildman–Crippen LogP) is -1.70. The monoisotopic (exact) mass is 213 g/mol. The van der Waals surface area contributed by atoms with E-state index >= 15 is 0 Å². The molecule has 0 aliphatic rings. The molecule has 0 saturated carbocycles. The van der Waals surface area contributed by atoms with Gasteiger partial charge in [0.05, 0.1) is 0 Å². The van der Waals surface area contributed by atoms with Gasteiger partial charge in [0, 0.05) is 23.9 Å². The van der Waals surface area contributed by atoms with Crippen molar-refractivity contribution < 1.29 is 12.4 Å². The Kier molecular flexibility index (Phi) is 611. The standard InChI is InChI=1S/2C2H5.ClH.Sn/c2*1-2;;/h2*1H2,2H3;1H;/p-1. The van der Waals surface area contributed by atoms with E-state index in [-0.39, 0.29) is 36.3 Å². The Morgan fingerprint density at radius 3 is 0.833 bits per heavy atom. The molecule has 0 aliphatic carbocycles. The average molecular weight is 212 g/mol. The number of hydrogen-bond acceptors (Lipinski definition) is 0. The summed E-state index contributed by atoms with van der Waals surface area (Å²) in [6.07, 6.45) is 0. The Balaban J connectivity index is -0.00000000500. The third-order valence-electron chi connectivity index (χ3n) is 0. The van der Waals surface area contributed by atoms with Gasteiger partial charge in [-0.2, -0.15) is 0 Å². The van der Waals surface area contributed by atoms with Crippen LogP contribution in [0.4, 0.5) is 0 Å². The van der Waals surface area contributed by atoms with E-state index in [1.807, 2.05) is 0 Å². The molecule has 0 spiro atoms. The van der Waals surface area contributed by atoms with E-state index < -0.39 is 0 Å². The Hall–Kier alpha value is 1.09. The van der Waals surface area contributed by atoms with Crippen LogP contribution in [0.3, 0.4) is 0 Å². The molecular formula is C4H10ClSn-. The van der Waals surface area contributed by atoms with Crippen LogP contribution in [0.25, 0.3) is 0 Å². The molecule has 2 heteroatoms. The smallest absolute Gasteiger partial charge is 0 e. The summed E-state index contributed by atoms with van der Waals surface area (Å²) in [6, 6.07) is 0. The average Bonchev–Trinajstić information content (AvgIpc) is 1.50. The van der Waals surface area contributed by atoms with Gasteiger partial charge in [0.15, 0.2) is 0 Å². The normalized spacial score (nSPS) is 2.00. The summed E-state index contributed by atoms with van der Waals surface area (Å²) in [5.74, 6) is 0. The van der Waals surface area contributed by atoms with Crippen molar-refractivity contribution >= 4 is 23.9 Å². The van der Waals surface area contributed by atoms with E-state index in [0.717, 1.165) is 0 Å². The summed E-state index contributed by atoms with van der Waals surface area (Å²) in [4.78, 5) is 0. The molecule has 0 aromatic heterocycles. The molecule has 0 unspecified atom stereocenters. The molecule has 0 aromatic carbocycles. The van der Waals surface area contributed by atoms with Crippen molar-refractivity contribution in [1.29, 1.82) is 0 Å². The molecule has 6 radical (unpaired) electrons. The zero-order valence-corrected chi connectivity index (χ0v) is 7.90. The molecule has 38 valence electrons. The van der Waals surface area contributed by atoms with Crippen LogP contribution in [0.5, 0.6) is 0 Å². The molecule has 0 N–H and O–H groups in total. The van der Waals surface area contributed by atoms with Crippen LogP contribution in [0, 0.1) is 13.8 Å². The maximum atomic E-state index is 3.25. The fraction of sp³-hybridized carbons (Fsp3) is 0.500. The second-order valence-corrected chi connectivity index (χ2v) is 0. The maximum absolute atomic E-state index is 3.25. The second kappa shape index (κ2) is 133. The molecule has 0 bridgehead atoms. The van der Waals surface area contributed by atoms with Crippen molar-refractivity contribution in [3.63, 3.8) is 0 Å². The number of hydrogen-bond donors (Lipinski definition) is 0. The molecule has 0 saturated heterocycles. The fourth-order valence-electron chi connectivity index (χ4n) is 0. The molecular weight excluding hydrogens is 202 g/mol. The first-order valence-corrected chi connectivity index (χ1v) is 1.41. The van der Waals surface area contributed by atoms with Gasteiger partial charge >= 0.3 is 0 Å². The van der Waals surface area contributed by atoms with Crippen LogP contribution in [0.1, 0.15) is 13.8 Å². The first kappa shape index (κ1) is 27.5. The van der Waals surface area contributed by atoms with Gasteiger partial charge in [0.25, 0.3) is 0 Å². The van der Waals surface area contributed by atoms with Crippen LogP contribution in [0.2, 0.25) is 0 Å².